The molecule has 0 spiro atoms. The lowest BCUT2D eigenvalue weighted by atomic mass is 10.2. The molecule has 1 aromatic rings. The molecule has 0 aliphatic heterocycles. The highest BCUT2D eigenvalue weighted by molar-refractivity contribution is 5.88. The average molecular weight is 226 g/mol. The van der Waals surface area contributed by atoms with Crippen molar-refractivity contribution in [1.29, 1.82) is 0 Å². The molecule has 0 bridgehead atoms. The number of benzene rings is 1. The highest BCUT2D eigenvalue weighted by Crippen LogP contribution is 2.08. The van der Waals surface area contributed by atoms with Gasteiger partial charge in [-0.05, 0) is 18.2 Å². The largest absolute Gasteiger partial charge is 1.00 e. The van der Waals surface area contributed by atoms with Gasteiger partial charge in [0.05, 0.1) is 19.7 Å². The lowest BCUT2D eigenvalue weighted by Crippen LogP contribution is -3.00. The molecule has 1 aromatic carbocycles. The van der Waals surface area contributed by atoms with E-state index in [1.54, 1.807) is 6.08 Å². The van der Waals surface area contributed by atoms with Crippen molar-refractivity contribution in [2.24, 2.45) is 0 Å². The van der Waals surface area contributed by atoms with Crippen molar-refractivity contribution in [1.82, 2.24) is 0 Å². The number of halogens is 1. The van der Waals surface area contributed by atoms with Crippen LogP contribution in [0.5, 0.6) is 0 Å². The van der Waals surface area contributed by atoms with Gasteiger partial charge in [-0.15, -0.1) is 0 Å². The highest BCUT2D eigenvalue weighted by Gasteiger charge is 2.25. The second-order valence-corrected chi connectivity index (χ2v) is 3.83. The van der Waals surface area contributed by atoms with Crippen LogP contribution in [0, 0.1) is 0 Å². The Hall–Kier alpha value is -1.12. The summed E-state index contributed by atoms with van der Waals surface area (Å²) in [5, 5.41) is 0. The summed E-state index contributed by atoms with van der Waals surface area (Å²) in [4.78, 5) is 12.0. The van der Waals surface area contributed by atoms with E-state index in [9.17, 15) is 4.79 Å². The summed E-state index contributed by atoms with van der Waals surface area (Å²) in [5.41, 5.74) is 0.749. The van der Waals surface area contributed by atoms with Crippen molar-refractivity contribution in [3.05, 3.63) is 48.6 Å². The molecule has 0 aliphatic carbocycles. The summed E-state index contributed by atoms with van der Waals surface area (Å²) in [6, 6.07) is 9.34. The maximum atomic E-state index is 12.0. The predicted octanol–water partition coefficient (Wildman–Crippen LogP) is -0.907. The fourth-order valence-electron chi connectivity index (χ4n) is 1.34. The molecule has 0 aliphatic rings. The molecule has 0 heterocycles. The number of hydrogen-bond acceptors (Lipinski definition) is 1. The van der Waals surface area contributed by atoms with E-state index < -0.39 is 0 Å². The number of likely N-dealkylation sites (N-methyl/N-ethyl adjacent to an activating group) is 1. The van der Waals surface area contributed by atoms with Crippen LogP contribution in [0.15, 0.2) is 43.0 Å². The fraction of sp³-hybridized carbons (Fsp3) is 0.250. The van der Waals surface area contributed by atoms with Gasteiger partial charge in [0.1, 0.15) is 6.54 Å². The molecule has 82 valence electrons. The smallest absolute Gasteiger partial charge is 0.345 e. The van der Waals surface area contributed by atoms with E-state index in [4.69, 9.17) is 0 Å². The summed E-state index contributed by atoms with van der Waals surface area (Å²) >= 11 is 0. The van der Waals surface area contributed by atoms with Gasteiger partial charge in [0.2, 0.25) is 0 Å². The molecule has 2 nitrogen and oxygen atoms in total. The number of carbonyl (C=O) groups is 1. The van der Waals surface area contributed by atoms with E-state index in [0.29, 0.717) is 11.0 Å². The van der Waals surface area contributed by atoms with Gasteiger partial charge in [0.25, 0.3) is 0 Å². The van der Waals surface area contributed by atoms with Crippen LogP contribution in [0.1, 0.15) is 10.4 Å². The first kappa shape index (κ1) is 13.9. The number of quaternary nitrogens is 1. The lowest BCUT2D eigenvalue weighted by Gasteiger charge is -2.24. The first-order valence-corrected chi connectivity index (χ1v) is 4.62. The molecule has 0 N–H and O–H groups in total. The van der Waals surface area contributed by atoms with Crippen molar-refractivity contribution in [2.75, 3.05) is 20.6 Å². The third kappa shape index (κ3) is 3.50. The Labute approximate surface area is 97.2 Å². The number of carbonyl (C=O) groups excluding carboxylic acids is 1. The lowest BCUT2D eigenvalue weighted by molar-refractivity contribution is -0.800. The zero-order valence-corrected chi connectivity index (χ0v) is 9.87. The summed E-state index contributed by atoms with van der Waals surface area (Å²) in [6.07, 6.45) is 1.76. The Morgan fingerprint density at radius 3 is 2.33 bits per heavy atom. The Morgan fingerprint density at radius 1 is 1.33 bits per heavy atom. The minimum Gasteiger partial charge on any atom is -1.00 e. The SMILES string of the molecule is C=CC[N+](C)(C)C(=O)c1ccccc1.[Cl-]. The van der Waals surface area contributed by atoms with Crippen LogP contribution in [-0.2, 0) is 0 Å². The van der Waals surface area contributed by atoms with Gasteiger partial charge in [0, 0.05) is 0 Å². The third-order valence-corrected chi connectivity index (χ3v) is 2.16. The first-order valence-electron chi connectivity index (χ1n) is 4.62. The van der Waals surface area contributed by atoms with Crippen molar-refractivity contribution < 1.29 is 21.7 Å². The van der Waals surface area contributed by atoms with Crippen LogP contribution >= 0.6 is 0 Å². The molecule has 0 saturated heterocycles. The predicted molar refractivity (Wildman–Crippen MR) is 57.9 cm³/mol. The standard InChI is InChI=1S/C12H16NO.ClH/c1-4-10-13(2,3)12(14)11-8-6-5-7-9-11;/h4-9H,1,10H2,2-3H3;1H/q+1;/p-1. The van der Waals surface area contributed by atoms with Crippen LogP contribution in [0.3, 0.4) is 0 Å². The Bertz CT molecular complexity index is 333. The van der Waals surface area contributed by atoms with Crippen LogP contribution < -0.4 is 12.4 Å². The molecular formula is C12H16ClNO. The van der Waals surface area contributed by atoms with Gasteiger partial charge in [-0.1, -0.05) is 24.8 Å². The van der Waals surface area contributed by atoms with Gasteiger partial charge in [-0.2, -0.15) is 0 Å². The highest BCUT2D eigenvalue weighted by atomic mass is 35.5. The summed E-state index contributed by atoms with van der Waals surface area (Å²) in [5.74, 6) is 0.116. The molecule has 15 heavy (non-hydrogen) atoms. The molecule has 0 atom stereocenters. The molecule has 0 radical (unpaired) electrons. The van der Waals surface area contributed by atoms with E-state index in [2.05, 4.69) is 6.58 Å². The van der Waals surface area contributed by atoms with Gasteiger partial charge in [-0.3, -0.25) is 4.48 Å². The quantitative estimate of drug-likeness (QED) is 0.481. The molecule has 0 fully saturated rings. The zero-order valence-electron chi connectivity index (χ0n) is 9.11. The monoisotopic (exact) mass is 225 g/mol. The minimum atomic E-state index is 0. The maximum absolute atomic E-state index is 12.0. The second kappa shape index (κ2) is 5.69. The molecule has 0 saturated carbocycles. The van der Waals surface area contributed by atoms with Crippen molar-refractivity contribution in [3.8, 4) is 0 Å². The Morgan fingerprint density at radius 2 is 1.87 bits per heavy atom. The van der Waals surface area contributed by atoms with Crippen molar-refractivity contribution in [2.45, 2.75) is 0 Å². The van der Waals surface area contributed by atoms with Crippen LogP contribution in [-0.4, -0.2) is 31.0 Å². The molecule has 1 amide bonds. The zero-order chi connectivity index (χ0) is 10.6. The molecule has 3 heteroatoms. The minimum absolute atomic E-state index is 0. The Kier molecular flexibility index (Phi) is 5.26. The van der Waals surface area contributed by atoms with Crippen LogP contribution in [0.25, 0.3) is 0 Å². The van der Waals surface area contributed by atoms with Gasteiger partial charge in [-0.25, -0.2) is 4.79 Å². The summed E-state index contributed by atoms with van der Waals surface area (Å²) in [6.45, 7) is 4.30. The van der Waals surface area contributed by atoms with Crippen LogP contribution in [0.2, 0.25) is 0 Å². The fourth-order valence-corrected chi connectivity index (χ4v) is 1.34. The summed E-state index contributed by atoms with van der Waals surface area (Å²) < 4.78 is 0.313. The van der Waals surface area contributed by atoms with E-state index in [0.717, 1.165) is 5.56 Å². The van der Waals surface area contributed by atoms with E-state index in [1.807, 2.05) is 44.4 Å². The van der Waals surface area contributed by atoms with Crippen molar-refractivity contribution in [3.63, 3.8) is 0 Å². The number of amides is 1. The number of nitrogens with zero attached hydrogens (tertiary/aromatic N) is 1. The molecular weight excluding hydrogens is 210 g/mol. The van der Waals surface area contributed by atoms with Crippen LogP contribution in [0.4, 0.5) is 0 Å². The van der Waals surface area contributed by atoms with Gasteiger partial charge >= 0.3 is 5.91 Å². The molecule has 0 unspecified atom stereocenters. The second-order valence-electron chi connectivity index (χ2n) is 3.83. The van der Waals surface area contributed by atoms with E-state index >= 15 is 0 Å². The third-order valence-electron chi connectivity index (χ3n) is 2.16. The molecule has 1 rings (SSSR count). The van der Waals surface area contributed by atoms with Crippen molar-refractivity contribution >= 4 is 5.91 Å². The topological polar surface area (TPSA) is 17.1 Å². The Balaban J connectivity index is 0.00000196. The van der Waals surface area contributed by atoms with E-state index in [1.165, 1.54) is 0 Å². The van der Waals surface area contributed by atoms with Gasteiger partial charge in [0.15, 0.2) is 0 Å². The normalized spacial score (nSPS) is 10.3. The maximum Gasteiger partial charge on any atom is 0.345 e. The number of rotatable bonds is 3. The average Bonchev–Trinajstić information content (AvgIpc) is 2.18. The number of hydrogen-bond donors (Lipinski definition) is 0. The van der Waals surface area contributed by atoms with Gasteiger partial charge < -0.3 is 12.4 Å². The first-order chi connectivity index (χ1) is 6.58. The summed E-state index contributed by atoms with van der Waals surface area (Å²) in [7, 11) is 3.77. The molecule has 0 aromatic heterocycles. The van der Waals surface area contributed by atoms with E-state index in [-0.39, 0.29) is 18.3 Å².